The summed E-state index contributed by atoms with van der Waals surface area (Å²) in [6.07, 6.45) is 7.18. The highest BCUT2D eigenvalue weighted by atomic mass is 16.5. The lowest BCUT2D eigenvalue weighted by atomic mass is 9.87. The highest BCUT2D eigenvalue weighted by Gasteiger charge is 2.38. The van der Waals surface area contributed by atoms with Crippen LogP contribution in [0.5, 0.6) is 5.75 Å². The van der Waals surface area contributed by atoms with E-state index in [1.807, 2.05) is 0 Å². The summed E-state index contributed by atoms with van der Waals surface area (Å²) in [5.41, 5.74) is 3.76. The van der Waals surface area contributed by atoms with Gasteiger partial charge in [0.2, 0.25) is 0 Å². The molecule has 1 heteroatoms. The van der Waals surface area contributed by atoms with Crippen molar-refractivity contribution in [2.24, 2.45) is 0 Å². The normalized spacial score (nSPS) is 19.3. The molecule has 0 bridgehead atoms. The van der Waals surface area contributed by atoms with Crippen LogP contribution < -0.4 is 4.74 Å². The van der Waals surface area contributed by atoms with E-state index in [1.54, 1.807) is 0 Å². The Hall–Kier alpha value is -2.02. The van der Waals surface area contributed by atoms with Crippen LogP contribution >= 0.6 is 0 Å². The van der Waals surface area contributed by atoms with Gasteiger partial charge in [-0.3, -0.25) is 0 Å². The predicted octanol–water partition coefficient (Wildman–Crippen LogP) is 4.82. The minimum Gasteiger partial charge on any atom is -0.483 e. The standard InChI is InChI=1S/C19H18O/c1-2-8-15(9-3-1)17-14-19(12-6-7-13-19)20-18-11-5-4-10-16(17)18/h1-5,8-11,14H,6-7,12-13H2. The van der Waals surface area contributed by atoms with E-state index in [-0.39, 0.29) is 5.60 Å². The van der Waals surface area contributed by atoms with Gasteiger partial charge in [-0.05, 0) is 49.0 Å². The van der Waals surface area contributed by atoms with Gasteiger partial charge >= 0.3 is 0 Å². The van der Waals surface area contributed by atoms with Crippen LogP contribution in [-0.4, -0.2) is 5.60 Å². The van der Waals surface area contributed by atoms with Crippen LogP contribution in [0.15, 0.2) is 60.7 Å². The summed E-state index contributed by atoms with van der Waals surface area (Å²) >= 11 is 0. The molecule has 2 aromatic carbocycles. The summed E-state index contributed by atoms with van der Waals surface area (Å²) in [4.78, 5) is 0. The Balaban J connectivity index is 1.90. The molecule has 0 unspecified atom stereocenters. The highest BCUT2D eigenvalue weighted by Crippen LogP contribution is 2.45. The maximum atomic E-state index is 6.36. The molecule has 0 amide bonds. The first-order chi connectivity index (χ1) is 9.86. The van der Waals surface area contributed by atoms with Gasteiger partial charge in [0.15, 0.2) is 0 Å². The Bertz CT molecular complexity index is 648. The van der Waals surface area contributed by atoms with Gasteiger partial charge in [0.1, 0.15) is 11.4 Å². The van der Waals surface area contributed by atoms with Crippen molar-refractivity contribution in [2.75, 3.05) is 0 Å². The quantitative estimate of drug-likeness (QED) is 0.715. The van der Waals surface area contributed by atoms with E-state index < -0.39 is 0 Å². The lowest BCUT2D eigenvalue weighted by molar-refractivity contribution is 0.124. The molecule has 0 saturated heterocycles. The van der Waals surface area contributed by atoms with Crippen molar-refractivity contribution in [2.45, 2.75) is 31.3 Å². The van der Waals surface area contributed by atoms with Crippen LogP contribution in [0.4, 0.5) is 0 Å². The van der Waals surface area contributed by atoms with E-state index in [4.69, 9.17) is 4.74 Å². The Labute approximate surface area is 119 Å². The Morgan fingerprint density at radius 1 is 0.800 bits per heavy atom. The molecule has 2 aliphatic rings. The smallest absolute Gasteiger partial charge is 0.128 e. The van der Waals surface area contributed by atoms with Crippen LogP contribution in [0, 0.1) is 0 Å². The van der Waals surface area contributed by atoms with Gasteiger partial charge in [0.25, 0.3) is 0 Å². The molecule has 1 spiro atoms. The largest absolute Gasteiger partial charge is 0.483 e. The van der Waals surface area contributed by atoms with Crippen LogP contribution in [0.1, 0.15) is 36.8 Å². The molecular weight excluding hydrogens is 244 g/mol. The molecule has 1 aliphatic carbocycles. The third-order valence-corrected chi connectivity index (χ3v) is 4.43. The Morgan fingerprint density at radius 3 is 2.30 bits per heavy atom. The van der Waals surface area contributed by atoms with Gasteiger partial charge < -0.3 is 4.74 Å². The van der Waals surface area contributed by atoms with Crippen LogP contribution in [0.3, 0.4) is 0 Å². The van der Waals surface area contributed by atoms with E-state index in [1.165, 1.54) is 29.5 Å². The maximum absolute atomic E-state index is 6.36. The number of fused-ring (bicyclic) bond motifs is 1. The van der Waals surface area contributed by atoms with Gasteiger partial charge in [-0.2, -0.15) is 0 Å². The third kappa shape index (κ3) is 1.85. The first-order valence-corrected chi connectivity index (χ1v) is 7.43. The number of hydrogen-bond acceptors (Lipinski definition) is 1. The molecule has 0 N–H and O–H groups in total. The second-order valence-corrected chi connectivity index (χ2v) is 5.79. The fourth-order valence-corrected chi connectivity index (χ4v) is 3.44. The van der Waals surface area contributed by atoms with Crippen molar-refractivity contribution in [1.82, 2.24) is 0 Å². The summed E-state index contributed by atoms with van der Waals surface area (Å²) in [7, 11) is 0. The molecule has 2 aromatic rings. The second-order valence-electron chi connectivity index (χ2n) is 5.79. The zero-order valence-corrected chi connectivity index (χ0v) is 11.5. The second kappa shape index (κ2) is 4.52. The zero-order valence-electron chi connectivity index (χ0n) is 11.5. The lowest BCUT2D eigenvalue weighted by Gasteiger charge is -2.34. The molecule has 4 rings (SSSR count). The molecule has 1 nitrogen and oxygen atoms in total. The first kappa shape index (κ1) is 11.8. The first-order valence-electron chi connectivity index (χ1n) is 7.43. The number of hydrogen-bond donors (Lipinski definition) is 0. The van der Waals surface area contributed by atoms with Gasteiger partial charge in [0, 0.05) is 5.56 Å². The van der Waals surface area contributed by atoms with E-state index in [0.29, 0.717) is 0 Å². The van der Waals surface area contributed by atoms with Crippen molar-refractivity contribution in [1.29, 1.82) is 0 Å². The van der Waals surface area contributed by atoms with Crippen molar-refractivity contribution >= 4 is 5.57 Å². The van der Waals surface area contributed by atoms with Gasteiger partial charge in [-0.25, -0.2) is 0 Å². The molecule has 0 radical (unpaired) electrons. The van der Waals surface area contributed by atoms with E-state index in [9.17, 15) is 0 Å². The molecule has 20 heavy (non-hydrogen) atoms. The van der Waals surface area contributed by atoms with E-state index in [0.717, 1.165) is 18.6 Å². The van der Waals surface area contributed by atoms with Crippen LogP contribution in [-0.2, 0) is 0 Å². The van der Waals surface area contributed by atoms with Gasteiger partial charge in [-0.15, -0.1) is 0 Å². The average Bonchev–Trinajstić information content (AvgIpc) is 2.95. The highest BCUT2D eigenvalue weighted by molar-refractivity contribution is 5.84. The molecule has 1 saturated carbocycles. The molecular formula is C19H18O. The molecule has 0 atom stereocenters. The summed E-state index contributed by atoms with van der Waals surface area (Å²) in [6.45, 7) is 0. The Kier molecular flexibility index (Phi) is 2.66. The number of para-hydroxylation sites is 1. The topological polar surface area (TPSA) is 9.23 Å². The van der Waals surface area contributed by atoms with Crippen LogP contribution in [0.25, 0.3) is 5.57 Å². The predicted molar refractivity (Wildman–Crippen MR) is 81.8 cm³/mol. The number of rotatable bonds is 1. The maximum Gasteiger partial charge on any atom is 0.128 e. The lowest BCUT2D eigenvalue weighted by Crippen LogP contribution is -2.33. The van der Waals surface area contributed by atoms with Crippen molar-refractivity contribution in [3.63, 3.8) is 0 Å². The SMILES string of the molecule is C1=C(c2ccccc2)c2ccccc2OC12CCCC2. The number of ether oxygens (including phenoxy) is 1. The zero-order chi connectivity index (χ0) is 13.4. The Morgan fingerprint density at radius 2 is 1.50 bits per heavy atom. The van der Waals surface area contributed by atoms with E-state index >= 15 is 0 Å². The molecule has 1 heterocycles. The summed E-state index contributed by atoms with van der Waals surface area (Å²) < 4.78 is 6.36. The van der Waals surface area contributed by atoms with Crippen molar-refractivity contribution in [3.05, 3.63) is 71.8 Å². The monoisotopic (exact) mass is 262 g/mol. The summed E-state index contributed by atoms with van der Waals surface area (Å²) in [6, 6.07) is 19.1. The summed E-state index contributed by atoms with van der Waals surface area (Å²) in [5.74, 6) is 1.04. The fraction of sp³-hybridized carbons (Fsp3) is 0.263. The summed E-state index contributed by atoms with van der Waals surface area (Å²) in [5, 5.41) is 0. The number of benzene rings is 2. The van der Waals surface area contributed by atoms with E-state index in [2.05, 4.69) is 60.7 Å². The van der Waals surface area contributed by atoms with Gasteiger partial charge in [-0.1, -0.05) is 48.5 Å². The molecule has 1 fully saturated rings. The molecule has 100 valence electrons. The van der Waals surface area contributed by atoms with Crippen molar-refractivity contribution < 1.29 is 4.74 Å². The molecule has 0 aromatic heterocycles. The minimum absolute atomic E-state index is 0.0699. The fourth-order valence-electron chi connectivity index (χ4n) is 3.44. The van der Waals surface area contributed by atoms with Gasteiger partial charge in [0.05, 0.1) is 0 Å². The molecule has 1 aliphatic heterocycles. The minimum atomic E-state index is -0.0699. The third-order valence-electron chi connectivity index (χ3n) is 4.43. The van der Waals surface area contributed by atoms with Crippen molar-refractivity contribution in [3.8, 4) is 5.75 Å². The average molecular weight is 262 g/mol. The van der Waals surface area contributed by atoms with Crippen LogP contribution in [0.2, 0.25) is 0 Å².